The zero-order valence-corrected chi connectivity index (χ0v) is 11.4. The Morgan fingerprint density at radius 3 is 2.85 bits per heavy atom. The number of aryl methyl sites for hydroxylation is 2. The van der Waals surface area contributed by atoms with Crippen molar-refractivity contribution in [3.05, 3.63) is 35.5 Å². The van der Waals surface area contributed by atoms with Gasteiger partial charge in [0.2, 0.25) is 5.76 Å². The van der Waals surface area contributed by atoms with Crippen LogP contribution in [-0.4, -0.2) is 14.7 Å². The average molecular weight is 266 g/mol. The van der Waals surface area contributed by atoms with Crippen molar-refractivity contribution in [2.45, 2.75) is 26.8 Å². The smallest absolute Gasteiger partial charge is 0.202 e. The maximum absolute atomic E-state index is 8.98. The number of nitriles is 1. The van der Waals surface area contributed by atoms with E-state index in [2.05, 4.69) is 27.7 Å². The van der Waals surface area contributed by atoms with Crippen molar-refractivity contribution in [3.8, 4) is 17.7 Å². The van der Waals surface area contributed by atoms with E-state index in [1.54, 1.807) is 6.07 Å². The summed E-state index contributed by atoms with van der Waals surface area (Å²) in [5.41, 5.74) is 3.25. The van der Waals surface area contributed by atoms with Crippen LogP contribution in [-0.2, 0) is 6.54 Å². The van der Waals surface area contributed by atoms with Gasteiger partial charge in [0.15, 0.2) is 5.82 Å². The number of hydrogen-bond donors (Lipinski definition) is 0. The normalized spacial score (nSPS) is 10.8. The number of hydrogen-bond acceptors (Lipinski definition) is 4. The summed E-state index contributed by atoms with van der Waals surface area (Å²) in [4.78, 5) is 4.60. The van der Waals surface area contributed by atoms with Crippen LogP contribution in [0.1, 0.15) is 24.6 Å². The number of imidazole rings is 1. The third kappa shape index (κ3) is 1.95. The molecule has 3 aromatic rings. The summed E-state index contributed by atoms with van der Waals surface area (Å²) in [7, 11) is 0. The third-order valence-electron chi connectivity index (χ3n) is 3.17. The van der Waals surface area contributed by atoms with Crippen molar-refractivity contribution < 1.29 is 4.52 Å². The van der Waals surface area contributed by atoms with E-state index in [0.29, 0.717) is 11.3 Å². The Kier molecular flexibility index (Phi) is 2.99. The van der Waals surface area contributed by atoms with E-state index >= 15 is 0 Å². The predicted molar refractivity (Wildman–Crippen MR) is 75.0 cm³/mol. The van der Waals surface area contributed by atoms with Gasteiger partial charge in [-0.3, -0.25) is 0 Å². The van der Waals surface area contributed by atoms with Crippen LogP contribution in [0.15, 0.2) is 28.8 Å². The van der Waals surface area contributed by atoms with Crippen LogP contribution >= 0.6 is 0 Å². The van der Waals surface area contributed by atoms with Gasteiger partial charge in [0.25, 0.3) is 0 Å². The molecule has 5 heteroatoms. The van der Waals surface area contributed by atoms with Crippen LogP contribution in [0.4, 0.5) is 0 Å². The molecular weight excluding hydrogens is 252 g/mol. The minimum Gasteiger partial charge on any atom is -0.353 e. The average Bonchev–Trinajstić information content (AvgIpc) is 3.03. The molecule has 0 fully saturated rings. The second-order valence-electron chi connectivity index (χ2n) is 4.73. The first-order chi connectivity index (χ1) is 9.72. The zero-order valence-electron chi connectivity index (χ0n) is 11.4. The molecule has 0 radical (unpaired) electrons. The summed E-state index contributed by atoms with van der Waals surface area (Å²) >= 11 is 0. The molecule has 0 saturated heterocycles. The van der Waals surface area contributed by atoms with E-state index < -0.39 is 0 Å². The number of benzene rings is 1. The van der Waals surface area contributed by atoms with Gasteiger partial charge in [0.05, 0.1) is 28.4 Å². The Hall–Kier alpha value is -2.61. The Balaban J connectivity index is 2.25. The molecule has 0 bridgehead atoms. The van der Waals surface area contributed by atoms with Crippen LogP contribution < -0.4 is 0 Å². The van der Waals surface area contributed by atoms with E-state index in [9.17, 15) is 0 Å². The maximum atomic E-state index is 8.98. The molecule has 0 N–H and O–H groups in total. The summed E-state index contributed by atoms with van der Waals surface area (Å²) in [5.74, 6) is 1.42. The number of fused-ring (bicyclic) bond motifs is 1. The van der Waals surface area contributed by atoms with E-state index in [4.69, 9.17) is 9.78 Å². The molecule has 3 rings (SSSR count). The molecule has 0 aliphatic rings. The molecule has 2 heterocycles. The molecule has 100 valence electrons. The summed E-state index contributed by atoms with van der Waals surface area (Å²) in [6.45, 7) is 4.84. The van der Waals surface area contributed by atoms with Crippen LogP contribution in [0, 0.1) is 18.3 Å². The lowest BCUT2D eigenvalue weighted by molar-refractivity contribution is 0.422. The van der Waals surface area contributed by atoms with Crippen molar-refractivity contribution in [2.75, 3.05) is 0 Å². The van der Waals surface area contributed by atoms with Crippen LogP contribution in [0.3, 0.4) is 0 Å². The highest BCUT2D eigenvalue weighted by atomic mass is 16.5. The topological polar surface area (TPSA) is 67.6 Å². The van der Waals surface area contributed by atoms with Crippen LogP contribution in [0.2, 0.25) is 0 Å². The van der Waals surface area contributed by atoms with Crippen molar-refractivity contribution >= 4 is 11.0 Å². The number of aromatic nitrogens is 3. The molecule has 0 spiro atoms. The lowest BCUT2D eigenvalue weighted by Crippen LogP contribution is -1.99. The Morgan fingerprint density at radius 2 is 2.20 bits per heavy atom. The van der Waals surface area contributed by atoms with Gasteiger partial charge < -0.3 is 9.09 Å². The minimum atomic E-state index is 0.610. The molecular formula is C15H14N4O. The molecule has 0 saturated carbocycles. The first-order valence-corrected chi connectivity index (χ1v) is 6.57. The first kappa shape index (κ1) is 12.4. The summed E-state index contributed by atoms with van der Waals surface area (Å²) in [6, 6.07) is 9.56. The fourth-order valence-corrected chi connectivity index (χ4v) is 2.31. The second-order valence-corrected chi connectivity index (χ2v) is 4.73. The highest BCUT2D eigenvalue weighted by molar-refractivity contribution is 5.81. The summed E-state index contributed by atoms with van der Waals surface area (Å²) in [5, 5.41) is 12.9. The lowest BCUT2D eigenvalue weighted by atomic mass is 10.2. The Morgan fingerprint density at radius 1 is 1.35 bits per heavy atom. The van der Waals surface area contributed by atoms with Gasteiger partial charge in [-0.05, 0) is 31.5 Å². The predicted octanol–water partition coefficient (Wildman–Crippen LogP) is 3.28. The van der Waals surface area contributed by atoms with Gasteiger partial charge in [-0.25, -0.2) is 4.98 Å². The number of nitrogens with zero attached hydrogens (tertiary/aromatic N) is 4. The molecule has 20 heavy (non-hydrogen) atoms. The molecule has 0 aliphatic carbocycles. The number of rotatable bonds is 3. The van der Waals surface area contributed by atoms with Gasteiger partial charge in [-0.1, -0.05) is 12.1 Å². The van der Waals surface area contributed by atoms with Gasteiger partial charge >= 0.3 is 0 Å². The van der Waals surface area contributed by atoms with Gasteiger partial charge in [-0.15, -0.1) is 0 Å². The summed E-state index contributed by atoms with van der Waals surface area (Å²) < 4.78 is 7.43. The van der Waals surface area contributed by atoms with E-state index in [1.165, 1.54) is 0 Å². The van der Waals surface area contributed by atoms with Gasteiger partial charge in [-0.2, -0.15) is 5.26 Å². The fraction of sp³-hybridized carbons (Fsp3) is 0.267. The molecule has 2 aromatic heterocycles. The molecule has 0 unspecified atom stereocenters. The molecule has 0 atom stereocenters. The monoisotopic (exact) mass is 266 g/mol. The summed E-state index contributed by atoms with van der Waals surface area (Å²) in [6.07, 6.45) is 0.992. The molecule has 5 nitrogen and oxygen atoms in total. The maximum Gasteiger partial charge on any atom is 0.202 e. The molecule has 0 aliphatic heterocycles. The van der Waals surface area contributed by atoms with E-state index in [1.807, 2.05) is 25.1 Å². The highest BCUT2D eigenvalue weighted by Crippen LogP contribution is 2.26. The van der Waals surface area contributed by atoms with Crippen molar-refractivity contribution in [3.63, 3.8) is 0 Å². The second kappa shape index (κ2) is 4.82. The lowest BCUT2D eigenvalue weighted by Gasteiger charge is -2.04. The Labute approximate surface area is 116 Å². The van der Waals surface area contributed by atoms with Gasteiger partial charge in [0.1, 0.15) is 0 Å². The standard InChI is InChI=1S/C15H14N4O/c1-3-6-19-13-5-4-11(9-16)8-12(13)17-15(19)14-7-10(2)18-20-14/h4-5,7-8H,3,6H2,1-2H3. The highest BCUT2D eigenvalue weighted by Gasteiger charge is 2.16. The van der Waals surface area contributed by atoms with Crippen molar-refractivity contribution in [1.29, 1.82) is 5.26 Å². The zero-order chi connectivity index (χ0) is 14.1. The van der Waals surface area contributed by atoms with E-state index in [0.717, 1.165) is 35.5 Å². The minimum absolute atomic E-state index is 0.610. The van der Waals surface area contributed by atoms with Gasteiger partial charge in [0, 0.05) is 12.6 Å². The van der Waals surface area contributed by atoms with Crippen molar-refractivity contribution in [2.24, 2.45) is 0 Å². The third-order valence-corrected chi connectivity index (χ3v) is 3.17. The van der Waals surface area contributed by atoms with Crippen LogP contribution in [0.25, 0.3) is 22.6 Å². The Bertz CT molecular complexity index is 807. The largest absolute Gasteiger partial charge is 0.353 e. The quantitative estimate of drug-likeness (QED) is 0.729. The fourth-order valence-electron chi connectivity index (χ4n) is 2.31. The van der Waals surface area contributed by atoms with E-state index in [-0.39, 0.29) is 0 Å². The molecule has 0 amide bonds. The van der Waals surface area contributed by atoms with Crippen LogP contribution in [0.5, 0.6) is 0 Å². The van der Waals surface area contributed by atoms with Crippen molar-refractivity contribution in [1.82, 2.24) is 14.7 Å². The SMILES string of the molecule is CCCn1c(-c2cc(C)no2)nc2cc(C#N)ccc21. The molecule has 1 aromatic carbocycles. The first-order valence-electron chi connectivity index (χ1n) is 6.57.